The van der Waals surface area contributed by atoms with E-state index >= 15 is 0 Å². The van der Waals surface area contributed by atoms with Gasteiger partial charge in [-0.25, -0.2) is 0 Å². The van der Waals surface area contributed by atoms with Crippen molar-refractivity contribution in [3.8, 4) is 0 Å². The summed E-state index contributed by atoms with van der Waals surface area (Å²) in [6.07, 6.45) is 4.25. The molecule has 0 spiro atoms. The first-order chi connectivity index (χ1) is 6.93. The van der Waals surface area contributed by atoms with Gasteiger partial charge in [-0.15, -0.1) is 0 Å². The topological polar surface area (TPSA) is 15.3 Å². The Morgan fingerprint density at radius 3 is 3.07 bits per heavy atom. The summed E-state index contributed by atoms with van der Waals surface area (Å²) in [5, 5.41) is 3.64. The number of piperidine rings is 1. The second-order valence-corrected chi connectivity index (χ2v) is 6.06. The first kappa shape index (κ1) is 9.49. The first-order valence-electron chi connectivity index (χ1n) is 5.98. The van der Waals surface area contributed by atoms with E-state index in [1.165, 1.54) is 50.4 Å². The highest BCUT2D eigenvalue weighted by Crippen LogP contribution is 2.30. The highest BCUT2D eigenvalue weighted by Gasteiger charge is 2.35. The lowest BCUT2D eigenvalue weighted by atomic mass is 9.92. The fourth-order valence-electron chi connectivity index (χ4n) is 3.22. The van der Waals surface area contributed by atoms with Gasteiger partial charge in [-0.05, 0) is 44.0 Å². The van der Waals surface area contributed by atoms with Crippen molar-refractivity contribution in [3.05, 3.63) is 0 Å². The van der Waals surface area contributed by atoms with Crippen LogP contribution < -0.4 is 5.32 Å². The summed E-state index contributed by atoms with van der Waals surface area (Å²) in [6.45, 7) is 3.99. The molecule has 3 heteroatoms. The van der Waals surface area contributed by atoms with Gasteiger partial charge in [0.05, 0.1) is 0 Å². The van der Waals surface area contributed by atoms with Gasteiger partial charge in [0.2, 0.25) is 0 Å². The SMILES string of the molecule is C1CC2CN(C3CCSC3)CCC2N1. The molecule has 3 fully saturated rings. The van der Waals surface area contributed by atoms with Gasteiger partial charge in [0.15, 0.2) is 0 Å². The predicted octanol–water partition coefficient (Wildman–Crippen LogP) is 1.18. The van der Waals surface area contributed by atoms with Crippen LogP contribution in [0.15, 0.2) is 0 Å². The minimum atomic E-state index is 0.861. The molecule has 3 heterocycles. The molecule has 0 bridgehead atoms. The summed E-state index contributed by atoms with van der Waals surface area (Å²) in [4.78, 5) is 2.77. The van der Waals surface area contributed by atoms with Gasteiger partial charge in [-0.3, -0.25) is 4.90 Å². The molecule has 1 N–H and O–H groups in total. The van der Waals surface area contributed by atoms with Crippen molar-refractivity contribution in [3.63, 3.8) is 0 Å². The molecule has 3 unspecified atom stereocenters. The van der Waals surface area contributed by atoms with Crippen molar-refractivity contribution in [2.45, 2.75) is 31.3 Å². The summed E-state index contributed by atoms with van der Waals surface area (Å²) < 4.78 is 0. The van der Waals surface area contributed by atoms with Crippen LogP contribution >= 0.6 is 11.8 Å². The van der Waals surface area contributed by atoms with E-state index in [0.29, 0.717) is 0 Å². The summed E-state index contributed by atoms with van der Waals surface area (Å²) in [6, 6.07) is 1.78. The Hall–Kier alpha value is 0.270. The van der Waals surface area contributed by atoms with Crippen LogP contribution in [0, 0.1) is 5.92 Å². The quantitative estimate of drug-likeness (QED) is 0.702. The van der Waals surface area contributed by atoms with E-state index in [1.807, 2.05) is 0 Å². The molecule has 3 saturated heterocycles. The standard InChI is InChI=1S/C11H20N2S/c1-4-12-11-2-5-13(7-9(1)11)10-3-6-14-8-10/h9-12H,1-8H2. The zero-order valence-electron chi connectivity index (χ0n) is 8.74. The third kappa shape index (κ3) is 1.70. The van der Waals surface area contributed by atoms with Gasteiger partial charge >= 0.3 is 0 Å². The molecule has 14 heavy (non-hydrogen) atoms. The maximum atomic E-state index is 3.64. The van der Waals surface area contributed by atoms with E-state index in [4.69, 9.17) is 0 Å². The number of rotatable bonds is 1. The van der Waals surface area contributed by atoms with Gasteiger partial charge in [0.25, 0.3) is 0 Å². The lowest BCUT2D eigenvalue weighted by Crippen LogP contribution is -2.48. The first-order valence-corrected chi connectivity index (χ1v) is 7.14. The molecule has 80 valence electrons. The maximum Gasteiger partial charge on any atom is 0.0194 e. The second-order valence-electron chi connectivity index (χ2n) is 4.91. The number of likely N-dealkylation sites (tertiary alicyclic amines) is 1. The molecule has 3 rings (SSSR count). The molecule has 0 amide bonds. The Morgan fingerprint density at radius 2 is 2.21 bits per heavy atom. The van der Waals surface area contributed by atoms with Crippen molar-refractivity contribution in [1.29, 1.82) is 0 Å². The Balaban J connectivity index is 1.60. The number of fused-ring (bicyclic) bond motifs is 1. The smallest absolute Gasteiger partial charge is 0.0194 e. The van der Waals surface area contributed by atoms with Crippen LogP contribution in [-0.4, -0.2) is 48.1 Å². The Morgan fingerprint density at radius 1 is 1.21 bits per heavy atom. The van der Waals surface area contributed by atoms with E-state index in [0.717, 1.165) is 18.0 Å². The minimum absolute atomic E-state index is 0.861. The average molecular weight is 212 g/mol. The summed E-state index contributed by atoms with van der Waals surface area (Å²) in [5.41, 5.74) is 0. The van der Waals surface area contributed by atoms with Crippen LogP contribution in [0.25, 0.3) is 0 Å². The normalized spacial score (nSPS) is 44.1. The largest absolute Gasteiger partial charge is 0.314 e. The molecule has 0 aromatic rings. The Kier molecular flexibility index (Phi) is 2.73. The molecule has 0 aromatic heterocycles. The van der Waals surface area contributed by atoms with Crippen LogP contribution in [0.1, 0.15) is 19.3 Å². The second kappa shape index (κ2) is 4.03. The van der Waals surface area contributed by atoms with Gasteiger partial charge in [-0.1, -0.05) is 0 Å². The Bertz CT molecular complexity index is 203. The van der Waals surface area contributed by atoms with Crippen LogP contribution in [0.3, 0.4) is 0 Å². The molecule has 3 atom stereocenters. The van der Waals surface area contributed by atoms with Gasteiger partial charge in [0.1, 0.15) is 0 Å². The van der Waals surface area contributed by atoms with E-state index in [2.05, 4.69) is 22.0 Å². The summed E-state index contributed by atoms with van der Waals surface area (Å²) in [5.74, 6) is 3.76. The molecular weight excluding hydrogens is 192 g/mol. The maximum absolute atomic E-state index is 3.64. The van der Waals surface area contributed by atoms with E-state index in [9.17, 15) is 0 Å². The number of nitrogens with zero attached hydrogens (tertiary/aromatic N) is 1. The van der Waals surface area contributed by atoms with Crippen LogP contribution in [0.5, 0.6) is 0 Å². The van der Waals surface area contributed by atoms with Crippen molar-refractivity contribution in [2.75, 3.05) is 31.1 Å². The summed E-state index contributed by atoms with van der Waals surface area (Å²) in [7, 11) is 0. The van der Waals surface area contributed by atoms with Crippen LogP contribution in [-0.2, 0) is 0 Å². The molecule has 3 aliphatic heterocycles. The zero-order chi connectivity index (χ0) is 9.38. The van der Waals surface area contributed by atoms with Crippen LogP contribution in [0.4, 0.5) is 0 Å². The fourth-order valence-corrected chi connectivity index (χ4v) is 4.47. The lowest BCUT2D eigenvalue weighted by Gasteiger charge is -2.38. The molecular formula is C11H20N2S. The van der Waals surface area contributed by atoms with Crippen molar-refractivity contribution in [1.82, 2.24) is 10.2 Å². The van der Waals surface area contributed by atoms with Crippen LogP contribution in [0.2, 0.25) is 0 Å². The van der Waals surface area contributed by atoms with Crippen molar-refractivity contribution in [2.24, 2.45) is 5.92 Å². The van der Waals surface area contributed by atoms with E-state index in [-0.39, 0.29) is 0 Å². The number of thioether (sulfide) groups is 1. The highest BCUT2D eigenvalue weighted by atomic mass is 32.2. The number of hydrogen-bond acceptors (Lipinski definition) is 3. The molecule has 0 aliphatic carbocycles. The zero-order valence-corrected chi connectivity index (χ0v) is 9.56. The number of nitrogens with one attached hydrogen (secondary N) is 1. The molecule has 3 aliphatic rings. The third-order valence-electron chi connectivity index (χ3n) is 4.11. The molecule has 0 saturated carbocycles. The van der Waals surface area contributed by atoms with Gasteiger partial charge in [-0.2, -0.15) is 11.8 Å². The van der Waals surface area contributed by atoms with E-state index < -0.39 is 0 Å². The molecule has 0 radical (unpaired) electrons. The highest BCUT2D eigenvalue weighted by molar-refractivity contribution is 7.99. The molecule has 0 aromatic carbocycles. The van der Waals surface area contributed by atoms with Gasteiger partial charge < -0.3 is 5.32 Å². The summed E-state index contributed by atoms with van der Waals surface area (Å²) >= 11 is 2.14. The fraction of sp³-hybridized carbons (Fsp3) is 1.00. The predicted molar refractivity (Wildman–Crippen MR) is 61.8 cm³/mol. The number of hydrogen-bond donors (Lipinski definition) is 1. The van der Waals surface area contributed by atoms with Crippen molar-refractivity contribution < 1.29 is 0 Å². The molecule has 2 nitrogen and oxygen atoms in total. The Labute approximate surface area is 90.8 Å². The van der Waals surface area contributed by atoms with E-state index in [1.54, 1.807) is 0 Å². The van der Waals surface area contributed by atoms with Gasteiger partial charge in [0, 0.05) is 24.4 Å². The minimum Gasteiger partial charge on any atom is -0.314 e. The average Bonchev–Trinajstić information content (AvgIpc) is 2.88. The lowest BCUT2D eigenvalue weighted by molar-refractivity contribution is 0.125. The third-order valence-corrected chi connectivity index (χ3v) is 5.25. The van der Waals surface area contributed by atoms with Crippen molar-refractivity contribution >= 4 is 11.8 Å². The monoisotopic (exact) mass is 212 g/mol.